The number of primary sulfonamides is 1. The molecule has 4 N–H and O–H groups in total. The molecule has 0 spiro atoms. The summed E-state index contributed by atoms with van der Waals surface area (Å²) in [6.45, 7) is 6.14. The van der Waals surface area contributed by atoms with Gasteiger partial charge in [-0.15, -0.1) is 0 Å². The molecular weight excluding hydrogens is 392 g/mol. The van der Waals surface area contributed by atoms with E-state index in [1.54, 1.807) is 24.3 Å². The number of carbonyl (C=O) groups is 2. The zero-order chi connectivity index (χ0) is 21.4. The fourth-order valence-electron chi connectivity index (χ4n) is 2.78. The number of anilines is 2. The molecule has 156 valence electrons. The first kappa shape index (κ1) is 22.4. The Morgan fingerprint density at radius 1 is 0.931 bits per heavy atom. The Morgan fingerprint density at radius 3 is 2.03 bits per heavy atom. The molecule has 0 saturated carbocycles. The number of carbonyl (C=O) groups excluding carboxylic acids is 2. The van der Waals surface area contributed by atoms with Crippen LogP contribution in [0, 0.1) is 0 Å². The lowest BCUT2D eigenvalue weighted by molar-refractivity contribution is -0.136. The van der Waals surface area contributed by atoms with Gasteiger partial charge in [0.05, 0.1) is 4.90 Å². The molecule has 0 fully saturated rings. The molecule has 0 radical (unpaired) electrons. The highest BCUT2D eigenvalue weighted by Gasteiger charge is 2.13. The van der Waals surface area contributed by atoms with E-state index in [0.717, 1.165) is 24.3 Å². The highest BCUT2D eigenvalue weighted by molar-refractivity contribution is 7.89. The van der Waals surface area contributed by atoms with Crippen molar-refractivity contribution in [2.45, 2.75) is 25.2 Å². The van der Waals surface area contributed by atoms with Gasteiger partial charge in [-0.05, 0) is 62.2 Å². The predicted octanol–water partition coefficient (Wildman–Crippen LogP) is 1.48. The van der Waals surface area contributed by atoms with E-state index in [1.165, 1.54) is 12.1 Å². The highest BCUT2D eigenvalue weighted by Crippen LogP contribution is 2.17. The maximum Gasteiger partial charge on any atom is 0.313 e. The molecule has 0 unspecified atom stereocenters. The van der Waals surface area contributed by atoms with Crippen LogP contribution in [0.4, 0.5) is 11.4 Å². The first-order valence-electron chi connectivity index (χ1n) is 9.30. The van der Waals surface area contributed by atoms with Crippen LogP contribution in [0.1, 0.15) is 19.4 Å². The Balaban J connectivity index is 1.82. The normalized spacial score (nSPS) is 11.0. The molecule has 0 aromatic heterocycles. The second-order valence-corrected chi connectivity index (χ2v) is 7.93. The second-order valence-electron chi connectivity index (χ2n) is 6.37. The summed E-state index contributed by atoms with van der Waals surface area (Å²) in [5, 5.41) is 10.2. The summed E-state index contributed by atoms with van der Waals surface area (Å²) < 4.78 is 22.5. The van der Waals surface area contributed by atoms with Crippen LogP contribution in [0.5, 0.6) is 0 Å². The van der Waals surface area contributed by atoms with Crippen LogP contribution in [-0.2, 0) is 26.0 Å². The molecule has 2 rings (SSSR count). The third kappa shape index (κ3) is 6.58. The number of nitrogens with one attached hydrogen (secondary N) is 2. The van der Waals surface area contributed by atoms with Crippen molar-refractivity contribution < 1.29 is 18.0 Å². The average Bonchev–Trinajstić information content (AvgIpc) is 2.69. The molecular formula is C20H26N4O4S. The van der Waals surface area contributed by atoms with Crippen molar-refractivity contribution in [2.24, 2.45) is 5.14 Å². The molecule has 2 amide bonds. The molecule has 0 heterocycles. The van der Waals surface area contributed by atoms with Crippen molar-refractivity contribution in [1.82, 2.24) is 5.32 Å². The van der Waals surface area contributed by atoms with Crippen molar-refractivity contribution in [1.29, 1.82) is 0 Å². The Kier molecular flexibility index (Phi) is 7.74. The number of nitrogens with zero attached hydrogens (tertiary/aromatic N) is 1. The SMILES string of the molecule is CCN(CC)c1ccc(NC(=O)C(=O)NCCc2ccc(S(N)(=O)=O)cc2)cc1. The minimum Gasteiger partial charge on any atom is -0.372 e. The van der Waals surface area contributed by atoms with Gasteiger partial charge in [0.2, 0.25) is 10.0 Å². The lowest BCUT2D eigenvalue weighted by atomic mass is 10.1. The van der Waals surface area contributed by atoms with Crippen LogP contribution in [0.15, 0.2) is 53.4 Å². The molecule has 2 aromatic rings. The molecule has 0 aliphatic carbocycles. The van der Waals surface area contributed by atoms with E-state index in [-0.39, 0.29) is 11.4 Å². The van der Waals surface area contributed by atoms with Gasteiger partial charge in [-0.2, -0.15) is 0 Å². The van der Waals surface area contributed by atoms with Crippen LogP contribution in [0.3, 0.4) is 0 Å². The molecule has 0 aliphatic heterocycles. The molecule has 0 aliphatic rings. The Labute approximate surface area is 171 Å². The lowest BCUT2D eigenvalue weighted by Crippen LogP contribution is -2.36. The Bertz CT molecular complexity index is 937. The molecule has 0 bridgehead atoms. The van der Waals surface area contributed by atoms with Gasteiger partial charge in [0.1, 0.15) is 0 Å². The Morgan fingerprint density at radius 2 is 1.52 bits per heavy atom. The van der Waals surface area contributed by atoms with E-state index < -0.39 is 21.8 Å². The molecule has 8 nitrogen and oxygen atoms in total. The van der Waals surface area contributed by atoms with Crippen molar-refractivity contribution in [3.8, 4) is 0 Å². The molecule has 9 heteroatoms. The fraction of sp³-hybridized carbons (Fsp3) is 0.300. The van der Waals surface area contributed by atoms with E-state index in [9.17, 15) is 18.0 Å². The standard InChI is InChI=1S/C20H26N4O4S/c1-3-24(4-2)17-9-7-16(8-10-17)23-20(26)19(25)22-14-13-15-5-11-18(12-6-15)29(21,27)28/h5-12H,3-4,13-14H2,1-2H3,(H,22,25)(H,23,26)(H2,21,27,28). The zero-order valence-electron chi connectivity index (χ0n) is 16.5. The van der Waals surface area contributed by atoms with Gasteiger partial charge < -0.3 is 15.5 Å². The van der Waals surface area contributed by atoms with Crippen LogP contribution in [0.25, 0.3) is 0 Å². The summed E-state index contributed by atoms with van der Waals surface area (Å²) in [6, 6.07) is 13.3. The van der Waals surface area contributed by atoms with Gasteiger partial charge in [0.15, 0.2) is 0 Å². The molecule has 0 saturated heterocycles. The second kappa shape index (κ2) is 10.0. The lowest BCUT2D eigenvalue weighted by Gasteiger charge is -2.21. The van der Waals surface area contributed by atoms with Crippen molar-refractivity contribution in [3.63, 3.8) is 0 Å². The third-order valence-electron chi connectivity index (χ3n) is 4.41. The van der Waals surface area contributed by atoms with Crippen molar-refractivity contribution in [2.75, 3.05) is 29.9 Å². The minimum atomic E-state index is -3.73. The Hall–Kier alpha value is -2.91. The maximum absolute atomic E-state index is 12.0. The fourth-order valence-corrected chi connectivity index (χ4v) is 3.29. The van der Waals surface area contributed by atoms with Crippen LogP contribution < -0.4 is 20.7 Å². The van der Waals surface area contributed by atoms with E-state index in [4.69, 9.17) is 5.14 Å². The molecule has 2 aromatic carbocycles. The van der Waals surface area contributed by atoms with E-state index in [1.807, 2.05) is 12.1 Å². The quantitative estimate of drug-likeness (QED) is 0.561. The van der Waals surface area contributed by atoms with Crippen LogP contribution in [-0.4, -0.2) is 39.9 Å². The third-order valence-corrected chi connectivity index (χ3v) is 5.34. The smallest absolute Gasteiger partial charge is 0.313 e. The summed E-state index contributed by atoms with van der Waals surface area (Å²) >= 11 is 0. The topological polar surface area (TPSA) is 122 Å². The van der Waals surface area contributed by atoms with E-state index in [0.29, 0.717) is 12.1 Å². The summed E-state index contributed by atoms with van der Waals surface area (Å²) in [6.07, 6.45) is 0.447. The molecule has 0 atom stereocenters. The van der Waals surface area contributed by atoms with Gasteiger partial charge in [-0.3, -0.25) is 9.59 Å². The van der Waals surface area contributed by atoms with Crippen LogP contribution >= 0.6 is 0 Å². The predicted molar refractivity (Wildman–Crippen MR) is 113 cm³/mol. The highest BCUT2D eigenvalue weighted by atomic mass is 32.2. The number of amides is 2. The number of sulfonamides is 1. The summed E-state index contributed by atoms with van der Waals surface area (Å²) in [5.74, 6) is -1.48. The molecule has 29 heavy (non-hydrogen) atoms. The van der Waals surface area contributed by atoms with Crippen molar-refractivity contribution >= 4 is 33.2 Å². The first-order valence-corrected chi connectivity index (χ1v) is 10.8. The number of rotatable bonds is 8. The van der Waals surface area contributed by atoms with E-state index >= 15 is 0 Å². The summed E-state index contributed by atoms with van der Waals surface area (Å²) in [4.78, 5) is 26.2. The van der Waals surface area contributed by atoms with Crippen LogP contribution in [0.2, 0.25) is 0 Å². The monoisotopic (exact) mass is 418 g/mol. The van der Waals surface area contributed by atoms with Gasteiger partial charge in [-0.1, -0.05) is 12.1 Å². The van der Waals surface area contributed by atoms with Gasteiger partial charge >= 0.3 is 11.8 Å². The maximum atomic E-state index is 12.0. The number of benzene rings is 2. The first-order chi connectivity index (χ1) is 13.7. The number of hydrogen-bond donors (Lipinski definition) is 3. The summed E-state index contributed by atoms with van der Waals surface area (Å²) in [5.41, 5.74) is 2.40. The zero-order valence-corrected chi connectivity index (χ0v) is 17.3. The van der Waals surface area contributed by atoms with Gasteiger partial charge in [0, 0.05) is 31.0 Å². The largest absolute Gasteiger partial charge is 0.372 e. The average molecular weight is 419 g/mol. The summed E-state index contributed by atoms with van der Waals surface area (Å²) in [7, 11) is -3.73. The number of nitrogens with two attached hydrogens (primary N) is 1. The minimum absolute atomic E-state index is 0.0247. The van der Waals surface area contributed by atoms with E-state index in [2.05, 4.69) is 29.4 Å². The van der Waals surface area contributed by atoms with Crippen molar-refractivity contribution in [3.05, 3.63) is 54.1 Å². The van der Waals surface area contributed by atoms with Gasteiger partial charge in [-0.25, -0.2) is 13.6 Å². The number of hydrogen-bond acceptors (Lipinski definition) is 5. The van der Waals surface area contributed by atoms with Gasteiger partial charge in [0.25, 0.3) is 0 Å².